The quantitative estimate of drug-likeness (QED) is 0.0744. The van der Waals surface area contributed by atoms with Gasteiger partial charge in [0.1, 0.15) is 28.5 Å². The van der Waals surface area contributed by atoms with E-state index in [2.05, 4.69) is 20.9 Å². The van der Waals surface area contributed by atoms with Crippen molar-refractivity contribution in [1.29, 1.82) is 0 Å². The molecule has 394 valence electrons. The lowest BCUT2D eigenvalue weighted by molar-refractivity contribution is -0.122. The van der Waals surface area contributed by atoms with Gasteiger partial charge in [-0.3, -0.25) is 19.7 Å². The number of Topliss-reactive ketones (excluding diaryl/α,β-unsaturated/α-hetero) is 1. The number of imidazole rings is 2. The zero-order valence-corrected chi connectivity index (χ0v) is 43.9. The first-order chi connectivity index (χ1) is 37.1. The van der Waals surface area contributed by atoms with Crippen molar-refractivity contribution in [3.8, 4) is 0 Å². The van der Waals surface area contributed by atoms with Gasteiger partial charge in [0.15, 0.2) is 0 Å². The molecule has 1 fully saturated rings. The van der Waals surface area contributed by atoms with Gasteiger partial charge in [0.25, 0.3) is 11.7 Å². The number of nitrogens with zero attached hydrogens (tertiary/aromatic N) is 4. The summed E-state index contributed by atoms with van der Waals surface area (Å²) in [7, 11) is 3.65. The number of hydrogen-bond acceptors (Lipinski definition) is 12. The Bertz CT molecular complexity index is 3760. The molecule has 1 spiro atoms. The Morgan fingerprint density at radius 3 is 2.08 bits per heavy atom. The summed E-state index contributed by atoms with van der Waals surface area (Å²) in [4.78, 5) is 68.9. The molecule has 22 heteroatoms. The monoisotopic (exact) mass is 1120 g/mol. The fraction of sp³-hybridized carbons (Fsp3) is 0.182. The highest BCUT2D eigenvalue weighted by atomic mass is 35.5. The molecule has 77 heavy (non-hydrogen) atoms. The predicted molar refractivity (Wildman–Crippen MR) is 288 cm³/mol. The van der Waals surface area contributed by atoms with E-state index in [1.54, 1.807) is 97.3 Å². The van der Waals surface area contributed by atoms with E-state index >= 15 is 4.39 Å². The highest BCUT2D eigenvalue weighted by molar-refractivity contribution is 6.52. The maximum Gasteiger partial charge on any atom is 0.338 e. The number of nitrogens with one attached hydrogen (secondary N) is 3. The van der Waals surface area contributed by atoms with Crippen LogP contribution in [0.15, 0.2) is 109 Å². The number of ether oxygens (including phenoxy) is 2. The van der Waals surface area contributed by atoms with Crippen molar-refractivity contribution in [2.45, 2.75) is 36.3 Å². The second-order valence-corrected chi connectivity index (χ2v) is 19.4. The number of hydrogen-bond donors (Lipinski definition) is 5. The standard InChI is InChI=1S/C27H19Cl2FN4O3.C19H17ClFN3O2.C8H4ClNO2.CH4O/c1-37-25(35)12-7-8-34-19-11-18-21(24(19)32-20(34)9-12)22(14-3-2-4-16(29)23(14)30)27(33-18)15-6-5-13(28)10-17(15)31-26(27)36;1-26-19(25)13-8-10-24-16(7-9-22)15(23-17(24)11-13)6-5-12-3-2-4-14(20)18(12)21;9-4-1-2-5-6(3-4)10-8(12)7(5)11;1-2/h2-10,18,21-22,33H,11H2,1H3,(H,31,36);2-6,8,10-11H,7,9,22H2,1H3;1-3H,(H,10,11,12);2H,1H3/b;6-5+;;/t18-,21+,22-,27+;;;/m0.../s1. The van der Waals surface area contributed by atoms with Crippen LogP contribution in [0.1, 0.15) is 82.4 Å². The first kappa shape index (κ1) is 54.2. The molecule has 1 saturated heterocycles. The molecular formula is C55H44Cl4F2N8O8. The van der Waals surface area contributed by atoms with Crippen LogP contribution in [0.5, 0.6) is 0 Å². The molecule has 6 N–H and O–H groups in total. The highest BCUT2D eigenvalue weighted by Gasteiger charge is 2.65. The molecule has 0 unspecified atom stereocenters. The van der Waals surface area contributed by atoms with Crippen LogP contribution in [0.2, 0.25) is 20.1 Å². The molecule has 1 aliphatic carbocycles. The van der Waals surface area contributed by atoms with E-state index in [4.69, 9.17) is 71.7 Å². The lowest BCUT2D eigenvalue weighted by Gasteiger charge is -2.32. The summed E-state index contributed by atoms with van der Waals surface area (Å²) in [6.07, 6.45) is 8.01. The molecule has 4 atom stereocenters. The number of fused-ring (bicyclic) bond motifs is 9. The van der Waals surface area contributed by atoms with Crippen LogP contribution in [-0.4, -0.2) is 87.3 Å². The Kier molecular flexibility index (Phi) is 15.6. The Hall–Kier alpha value is -7.55. The second-order valence-electron chi connectivity index (χ2n) is 17.7. The minimum Gasteiger partial charge on any atom is -0.465 e. The number of nitrogens with two attached hydrogens (primary N) is 1. The Morgan fingerprint density at radius 2 is 1.40 bits per heavy atom. The molecule has 7 heterocycles. The van der Waals surface area contributed by atoms with Crippen LogP contribution in [0.4, 0.5) is 20.2 Å². The maximum absolute atomic E-state index is 15.7. The van der Waals surface area contributed by atoms with Crippen LogP contribution in [-0.2, 0) is 37.4 Å². The number of pyridine rings is 2. The molecule has 8 aromatic rings. The van der Waals surface area contributed by atoms with Gasteiger partial charge in [-0.05, 0) is 91.0 Å². The van der Waals surface area contributed by atoms with Crippen molar-refractivity contribution in [3.05, 3.63) is 197 Å². The number of halogens is 6. The topological polar surface area (TPSA) is 221 Å². The van der Waals surface area contributed by atoms with Crippen molar-refractivity contribution in [2.24, 2.45) is 5.73 Å². The Morgan fingerprint density at radius 1 is 0.779 bits per heavy atom. The van der Waals surface area contributed by atoms with Gasteiger partial charge in [-0.25, -0.2) is 28.3 Å². The number of carbonyl (C=O) groups excluding carboxylic acids is 5. The molecule has 4 aromatic carbocycles. The fourth-order valence-electron chi connectivity index (χ4n) is 10.3. The van der Waals surface area contributed by atoms with Crippen LogP contribution >= 0.6 is 46.4 Å². The third-order valence-corrected chi connectivity index (χ3v) is 14.6. The lowest BCUT2D eigenvalue weighted by atomic mass is 9.71. The van der Waals surface area contributed by atoms with Crippen molar-refractivity contribution in [3.63, 3.8) is 0 Å². The summed E-state index contributed by atoms with van der Waals surface area (Å²) in [5, 5.41) is 17.0. The number of rotatable bonds is 7. The largest absolute Gasteiger partial charge is 0.465 e. The van der Waals surface area contributed by atoms with E-state index in [9.17, 15) is 28.4 Å². The Balaban J connectivity index is 0.000000156. The molecule has 16 nitrogen and oxygen atoms in total. The summed E-state index contributed by atoms with van der Waals surface area (Å²) >= 11 is 23.9. The zero-order chi connectivity index (χ0) is 55.0. The van der Waals surface area contributed by atoms with Crippen LogP contribution in [0, 0.1) is 11.6 Å². The molecule has 3 aliphatic heterocycles. The number of esters is 2. The van der Waals surface area contributed by atoms with E-state index in [0.29, 0.717) is 91.2 Å². The average Bonchev–Trinajstić information content (AvgIpc) is 4.40. The van der Waals surface area contributed by atoms with Gasteiger partial charge in [0, 0.05) is 82.8 Å². The van der Waals surface area contributed by atoms with Gasteiger partial charge >= 0.3 is 11.9 Å². The SMILES string of the molecule is CO.COC(=O)c1ccn2c(CCN)c(/C=C/c3cccc(Cl)c3F)nc2c1.COC(=O)c1ccn2c3c(nc2c1)[C@@H]1[C@H](C3)N[C@@]2(C(=O)Nc3cc(Cl)ccc32)[C@H]1c1cccc(Cl)c1F.O=C1Nc2cc(Cl)ccc2C1=O. The van der Waals surface area contributed by atoms with Crippen LogP contribution < -0.4 is 21.7 Å². The summed E-state index contributed by atoms with van der Waals surface area (Å²) in [6, 6.07) is 26.1. The summed E-state index contributed by atoms with van der Waals surface area (Å²) < 4.78 is 43.1. The maximum atomic E-state index is 15.7. The van der Waals surface area contributed by atoms with Gasteiger partial charge < -0.3 is 39.7 Å². The van der Waals surface area contributed by atoms with Gasteiger partial charge in [-0.1, -0.05) is 76.7 Å². The van der Waals surface area contributed by atoms with E-state index in [0.717, 1.165) is 24.2 Å². The van der Waals surface area contributed by atoms with Crippen molar-refractivity contribution >= 4 is 111 Å². The number of ketones is 1. The first-order valence-electron chi connectivity index (χ1n) is 23.5. The van der Waals surface area contributed by atoms with E-state index in [1.807, 2.05) is 14.9 Å². The molecule has 4 aliphatic rings. The third kappa shape index (κ3) is 9.82. The first-order valence-corrected chi connectivity index (χ1v) is 25.0. The number of methoxy groups -OCH3 is 2. The number of amides is 2. The van der Waals surface area contributed by atoms with Gasteiger partial charge in [-0.15, -0.1) is 0 Å². The number of aliphatic hydroxyl groups is 1. The van der Waals surface area contributed by atoms with Crippen molar-refractivity contribution in [2.75, 3.05) is 38.5 Å². The average molecular weight is 1120 g/mol. The molecule has 2 amide bonds. The molecule has 4 aromatic heterocycles. The smallest absolute Gasteiger partial charge is 0.338 e. The van der Waals surface area contributed by atoms with Gasteiger partial charge in [0.05, 0.1) is 63.7 Å². The minimum atomic E-state index is -1.24. The lowest BCUT2D eigenvalue weighted by Crippen LogP contribution is -2.49. The fourth-order valence-corrected chi connectivity index (χ4v) is 11.0. The highest BCUT2D eigenvalue weighted by Crippen LogP contribution is 2.60. The third-order valence-electron chi connectivity index (χ3n) is 13.5. The second kappa shape index (κ2) is 22.2. The summed E-state index contributed by atoms with van der Waals surface area (Å²) in [6.45, 7) is 0.429. The number of anilines is 2. The predicted octanol–water partition coefficient (Wildman–Crippen LogP) is 9.48. The van der Waals surface area contributed by atoms with Gasteiger partial charge in [0.2, 0.25) is 5.91 Å². The van der Waals surface area contributed by atoms with E-state index in [1.165, 1.54) is 32.4 Å². The van der Waals surface area contributed by atoms with Crippen molar-refractivity contribution in [1.82, 2.24) is 24.1 Å². The summed E-state index contributed by atoms with van der Waals surface area (Å²) in [5.74, 6) is -4.29. The number of aliphatic hydroxyl groups excluding tert-OH is 1. The number of benzene rings is 4. The van der Waals surface area contributed by atoms with Crippen LogP contribution in [0.3, 0.4) is 0 Å². The molecule has 0 saturated carbocycles. The van der Waals surface area contributed by atoms with Crippen molar-refractivity contribution < 1.29 is 47.3 Å². The Labute approximate surface area is 457 Å². The van der Waals surface area contributed by atoms with Crippen LogP contribution in [0.25, 0.3) is 23.4 Å². The van der Waals surface area contributed by atoms with E-state index in [-0.39, 0.29) is 27.9 Å². The molecule has 12 rings (SSSR count). The van der Waals surface area contributed by atoms with E-state index < -0.39 is 46.7 Å². The zero-order valence-electron chi connectivity index (χ0n) is 40.8. The molecule has 0 radical (unpaired) electrons. The minimum absolute atomic E-state index is 0.0122. The number of carbonyl (C=O) groups is 5. The molecular weight excluding hydrogens is 1080 g/mol. The molecule has 0 bridgehead atoms. The van der Waals surface area contributed by atoms with Gasteiger partial charge in [-0.2, -0.15) is 0 Å². The summed E-state index contributed by atoms with van der Waals surface area (Å²) in [5.41, 5.74) is 12.6. The normalized spacial score (nSPS) is 18.3. The number of aromatic nitrogens is 4.